The molecule has 2 atom stereocenters. The molecule has 0 aliphatic carbocycles. The van der Waals surface area contributed by atoms with E-state index in [-0.39, 0.29) is 30.9 Å². The minimum atomic E-state index is -0.512. The van der Waals surface area contributed by atoms with Gasteiger partial charge in [-0.05, 0) is 18.2 Å². The number of hydrogen-bond acceptors (Lipinski definition) is 5. The van der Waals surface area contributed by atoms with Crippen LogP contribution in [0.25, 0.3) is 0 Å². The number of amides is 2. The number of nitrogens with zero attached hydrogens (tertiary/aromatic N) is 1. The van der Waals surface area contributed by atoms with E-state index in [1.54, 1.807) is 6.07 Å². The van der Waals surface area contributed by atoms with E-state index in [0.29, 0.717) is 24.4 Å². The molecule has 24 heavy (non-hydrogen) atoms. The van der Waals surface area contributed by atoms with Crippen molar-refractivity contribution >= 4 is 17.7 Å². The molecular weight excluding hydrogens is 317 g/mol. The molecule has 0 aromatic heterocycles. The van der Waals surface area contributed by atoms with E-state index in [9.17, 15) is 14.0 Å². The van der Waals surface area contributed by atoms with E-state index in [0.717, 1.165) is 6.54 Å². The lowest BCUT2D eigenvalue weighted by atomic mass is 10.0. The first-order chi connectivity index (χ1) is 11.5. The number of benzene rings is 1. The number of nitrogens with one attached hydrogen (secondary N) is 2. The molecule has 1 aromatic rings. The summed E-state index contributed by atoms with van der Waals surface area (Å²) in [5.41, 5.74) is 1.18. The molecule has 0 saturated carbocycles. The van der Waals surface area contributed by atoms with Crippen molar-refractivity contribution in [1.29, 1.82) is 0 Å². The zero-order valence-electron chi connectivity index (χ0n) is 13.4. The van der Waals surface area contributed by atoms with Crippen LogP contribution >= 0.6 is 0 Å². The topological polar surface area (TPSA) is 79.9 Å². The van der Waals surface area contributed by atoms with Gasteiger partial charge in [0.1, 0.15) is 11.9 Å². The monoisotopic (exact) mass is 337 g/mol. The molecule has 8 heteroatoms. The number of rotatable bonds is 4. The molecule has 2 unspecified atom stereocenters. The highest BCUT2D eigenvalue weighted by atomic mass is 19.1. The van der Waals surface area contributed by atoms with Crippen LogP contribution in [0, 0.1) is 5.82 Å². The Morgan fingerprint density at radius 1 is 1.50 bits per heavy atom. The van der Waals surface area contributed by atoms with Crippen LogP contribution in [-0.2, 0) is 14.3 Å². The normalized spacial score (nSPS) is 23.9. The Hall–Kier alpha value is -2.19. The molecule has 2 saturated heterocycles. The van der Waals surface area contributed by atoms with Crippen LogP contribution in [0.15, 0.2) is 18.2 Å². The second-order valence-corrected chi connectivity index (χ2v) is 5.82. The van der Waals surface area contributed by atoms with Gasteiger partial charge in [0.2, 0.25) is 5.91 Å². The zero-order chi connectivity index (χ0) is 17.1. The molecule has 2 heterocycles. The lowest BCUT2D eigenvalue weighted by molar-refractivity contribution is -0.119. The summed E-state index contributed by atoms with van der Waals surface area (Å²) in [7, 11) is 0. The van der Waals surface area contributed by atoms with Crippen molar-refractivity contribution in [2.45, 2.75) is 19.1 Å². The second-order valence-electron chi connectivity index (χ2n) is 5.82. The molecule has 2 N–H and O–H groups in total. The number of morpholine rings is 1. The van der Waals surface area contributed by atoms with E-state index in [4.69, 9.17) is 9.47 Å². The standard InChI is InChI=1S/C16H20FN3O4/c1-10(21)19-7-12-9-20(16(22)24-12)14-3-2-11(17)6-13(14)15-8-18-4-5-23-15/h2-3,6,12,15,18H,4-5,7-9H2,1H3,(H,19,21). The third-order valence-corrected chi connectivity index (χ3v) is 4.01. The molecular formula is C16H20FN3O4. The van der Waals surface area contributed by atoms with Gasteiger partial charge in [-0.15, -0.1) is 0 Å². The first kappa shape index (κ1) is 16.7. The van der Waals surface area contributed by atoms with Gasteiger partial charge in [0.15, 0.2) is 0 Å². The van der Waals surface area contributed by atoms with E-state index >= 15 is 0 Å². The Balaban J connectivity index is 1.80. The summed E-state index contributed by atoms with van der Waals surface area (Å²) in [6, 6.07) is 4.26. The first-order valence-corrected chi connectivity index (χ1v) is 7.89. The van der Waals surface area contributed by atoms with Gasteiger partial charge < -0.3 is 20.1 Å². The zero-order valence-corrected chi connectivity index (χ0v) is 13.4. The number of hydrogen-bond donors (Lipinski definition) is 2. The van der Waals surface area contributed by atoms with Crippen LogP contribution in [0.5, 0.6) is 0 Å². The third-order valence-electron chi connectivity index (χ3n) is 4.01. The average molecular weight is 337 g/mol. The summed E-state index contributed by atoms with van der Waals surface area (Å²) >= 11 is 0. The number of carbonyl (C=O) groups is 2. The Morgan fingerprint density at radius 3 is 3.04 bits per heavy atom. The smallest absolute Gasteiger partial charge is 0.414 e. The quantitative estimate of drug-likeness (QED) is 0.855. The third kappa shape index (κ3) is 3.65. The highest BCUT2D eigenvalue weighted by molar-refractivity contribution is 5.91. The van der Waals surface area contributed by atoms with Crippen molar-refractivity contribution in [3.63, 3.8) is 0 Å². The number of ether oxygens (including phenoxy) is 2. The Labute approximate surface area is 139 Å². The molecule has 0 spiro atoms. The lowest BCUT2D eigenvalue weighted by Crippen LogP contribution is -2.35. The number of anilines is 1. The summed E-state index contributed by atoms with van der Waals surface area (Å²) < 4.78 is 24.7. The Kier molecular flexibility index (Phi) is 4.96. The van der Waals surface area contributed by atoms with Crippen LogP contribution in [0.2, 0.25) is 0 Å². The van der Waals surface area contributed by atoms with Crippen molar-refractivity contribution in [2.75, 3.05) is 37.7 Å². The van der Waals surface area contributed by atoms with Gasteiger partial charge in [0.05, 0.1) is 31.5 Å². The highest BCUT2D eigenvalue weighted by Gasteiger charge is 2.35. The van der Waals surface area contributed by atoms with Crippen molar-refractivity contribution in [1.82, 2.24) is 10.6 Å². The van der Waals surface area contributed by atoms with Crippen molar-refractivity contribution in [2.24, 2.45) is 0 Å². The fraction of sp³-hybridized carbons (Fsp3) is 0.500. The van der Waals surface area contributed by atoms with Gasteiger partial charge in [-0.3, -0.25) is 9.69 Å². The van der Waals surface area contributed by atoms with E-state index in [2.05, 4.69) is 10.6 Å². The van der Waals surface area contributed by atoms with Crippen LogP contribution in [-0.4, -0.2) is 50.9 Å². The summed E-state index contributed by atoms with van der Waals surface area (Å²) in [5, 5.41) is 5.82. The molecule has 2 fully saturated rings. The minimum absolute atomic E-state index is 0.186. The second kappa shape index (κ2) is 7.14. The van der Waals surface area contributed by atoms with Crippen LogP contribution in [0.4, 0.5) is 14.9 Å². The largest absolute Gasteiger partial charge is 0.442 e. The molecule has 2 aliphatic rings. The van der Waals surface area contributed by atoms with Crippen LogP contribution in [0.1, 0.15) is 18.6 Å². The lowest BCUT2D eigenvalue weighted by Gasteiger charge is -2.27. The van der Waals surface area contributed by atoms with Gasteiger partial charge in [-0.2, -0.15) is 0 Å². The van der Waals surface area contributed by atoms with E-state index < -0.39 is 12.2 Å². The maximum atomic E-state index is 13.7. The van der Waals surface area contributed by atoms with Gasteiger partial charge in [0.25, 0.3) is 0 Å². The molecule has 0 bridgehead atoms. The molecule has 2 aliphatic heterocycles. The molecule has 7 nitrogen and oxygen atoms in total. The average Bonchev–Trinajstić information content (AvgIpc) is 2.94. The summed E-state index contributed by atoms with van der Waals surface area (Å²) in [4.78, 5) is 24.6. The SMILES string of the molecule is CC(=O)NCC1CN(c2ccc(F)cc2C2CNCCO2)C(=O)O1. The number of carbonyl (C=O) groups excluding carboxylic acids is 2. The minimum Gasteiger partial charge on any atom is -0.442 e. The fourth-order valence-electron chi connectivity index (χ4n) is 2.88. The molecule has 2 amide bonds. The van der Waals surface area contributed by atoms with Gasteiger partial charge >= 0.3 is 6.09 Å². The Morgan fingerprint density at radius 2 is 2.33 bits per heavy atom. The maximum Gasteiger partial charge on any atom is 0.414 e. The van der Waals surface area contributed by atoms with Gasteiger partial charge in [0, 0.05) is 25.6 Å². The molecule has 130 valence electrons. The molecule has 1 aromatic carbocycles. The van der Waals surface area contributed by atoms with Crippen molar-refractivity contribution < 1.29 is 23.5 Å². The summed E-state index contributed by atoms with van der Waals surface area (Å²) in [6.07, 6.45) is -1.28. The summed E-state index contributed by atoms with van der Waals surface area (Å²) in [6.45, 7) is 3.75. The fourth-order valence-corrected chi connectivity index (χ4v) is 2.88. The number of halogens is 1. The van der Waals surface area contributed by atoms with Crippen molar-refractivity contribution in [3.8, 4) is 0 Å². The van der Waals surface area contributed by atoms with Gasteiger partial charge in [-0.25, -0.2) is 9.18 Å². The van der Waals surface area contributed by atoms with Crippen molar-refractivity contribution in [3.05, 3.63) is 29.6 Å². The van der Waals surface area contributed by atoms with Crippen LogP contribution in [0.3, 0.4) is 0 Å². The van der Waals surface area contributed by atoms with Crippen LogP contribution < -0.4 is 15.5 Å². The van der Waals surface area contributed by atoms with E-state index in [1.165, 1.54) is 24.0 Å². The number of cyclic esters (lactones) is 1. The molecule has 3 rings (SSSR count). The first-order valence-electron chi connectivity index (χ1n) is 7.89. The predicted molar refractivity (Wildman–Crippen MR) is 84.3 cm³/mol. The maximum absolute atomic E-state index is 13.7. The Bertz CT molecular complexity index is 634. The summed E-state index contributed by atoms with van der Waals surface area (Å²) in [5.74, 6) is -0.570. The molecule has 0 radical (unpaired) electrons. The predicted octanol–water partition coefficient (Wildman–Crippen LogP) is 0.948. The highest BCUT2D eigenvalue weighted by Crippen LogP contribution is 2.32. The van der Waals surface area contributed by atoms with E-state index in [1.807, 2.05) is 0 Å². The van der Waals surface area contributed by atoms with Gasteiger partial charge in [-0.1, -0.05) is 0 Å².